The molecule has 1 heteroatoms. The molecule has 0 atom stereocenters. The van der Waals surface area contributed by atoms with E-state index in [1.807, 2.05) is 43.3 Å². The van der Waals surface area contributed by atoms with Crippen LogP contribution in [0.3, 0.4) is 0 Å². The molecule has 0 aliphatic rings. The van der Waals surface area contributed by atoms with Crippen LogP contribution in [0.2, 0.25) is 0 Å². The normalized spacial score (nSPS) is 9.27. The van der Waals surface area contributed by atoms with E-state index >= 15 is 0 Å². The first kappa shape index (κ1) is 7.86. The fourth-order valence-corrected chi connectivity index (χ4v) is 1.04. The highest BCUT2D eigenvalue weighted by Gasteiger charge is 1.97. The Bertz CT molecular complexity index is 251. The Morgan fingerprint density at radius 3 is 2.36 bits per heavy atom. The van der Waals surface area contributed by atoms with Crippen molar-refractivity contribution in [2.45, 2.75) is 0 Å². The fraction of sp³-hybridized carbons (Fsp3) is 0.200. The van der Waals surface area contributed by atoms with Crippen LogP contribution in [0, 0.1) is 6.58 Å². The highest BCUT2D eigenvalue weighted by Crippen LogP contribution is 2.17. The van der Waals surface area contributed by atoms with Crippen LogP contribution in [0.1, 0.15) is 5.56 Å². The zero-order valence-corrected chi connectivity index (χ0v) is 6.91. The molecule has 0 fully saturated rings. The van der Waals surface area contributed by atoms with Gasteiger partial charge in [0.15, 0.2) is 0 Å². The maximum atomic E-state index is 5.44. The quantitative estimate of drug-likeness (QED) is 0.618. The lowest BCUT2D eigenvalue weighted by Crippen LogP contribution is -2.09. The predicted molar refractivity (Wildman–Crippen MR) is 49.5 cm³/mol. The Morgan fingerprint density at radius 2 is 1.91 bits per heavy atom. The summed E-state index contributed by atoms with van der Waals surface area (Å²) in [4.78, 5) is 2.04. The predicted octanol–water partition coefficient (Wildman–Crippen LogP) is 2.20. The summed E-state index contributed by atoms with van der Waals surface area (Å²) in [5, 5.41) is 0. The molecular weight excluding hydrogens is 134 g/mol. The summed E-state index contributed by atoms with van der Waals surface area (Å²) in [6.45, 7) is 5.44. The summed E-state index contributed by atoms with van der Waals surface area (Å²) in [5.41, 5.74) is 2.22. The summed E-state index contributed by atoms with van der Waals surface area (Å²) in [7, 11) is 4.00. The number of hydrogen-bond acceptors (Lipinski definition) is 1. The minimum atomic E-state index is 1.07. The Labute approximate surface area is 68.0 Å². The summed E-state index contributed by atoms with van der Waals surface area (Å²) in [6, 6.07) is 8.02. The van der Waals surface area contributed by atoms with Gasteiger partial charge in [0.1, 0.15) is 0 Å². The van der Waals surface area contributed by atoms with E-state index in [2.05, 4.69) is 0 Å². The second kappa shape index (κ2) is 3.24. The van der Waals surface area contributed by atoms with Gasteiger partial charge in [-0.1, -0.05) is 30.9 Å². The van der Waals surface area contributed by atoms with Crippen molar-refractivity contribution in [3.05, 3.63) is 36.4 Å². The van der Waals surface area contributed by atoms with E-state index in [-0.39, 0.29) is 0 Å². The third-order valence-electron chi connectivity index (χ3n) is 1.60. The zero-order valence-electron chi connectivity index (χ0n) is 6.91. The maximum absolute atomic E-state index is 5.44. The van der Waals surface area contributed by atoms with Crippen LogP contribution in [0.15, 0.2) is 24.3 Å². The molecule has 0 amide bonds. The molecule has 0 unspecified atom stereocenters. The molecule has 0 aliphatic heterocycles. The number of anilines is 1. The van der Waals surface area contributed by atoms with E-state index in [1.165, 1.54) is 0 Å². The Hall–Kier alpha value is -1.24. The van der Waals surface area contributed by atoms with Crippen molar-refractivity contribution in [2.24, 2.45) is 0 Å². The molecule has 57 valence electrons. The summed E-state index contributed by atoms with van der Waals surface area (Å²) in [6.07, 6.45) is 1.62. The number of nitrogens with zero attached hydrogens (tertiary/aromatic N) is 1. The van der Waals surface area contributed by atoms with Crippen molar-refractivity contribution in [3.8, 4) is 0 Å². The molecule has 0 bridgehead atoms. The van der Waals surface area contributed by atoms with Crippen LogP contribution >= 0.6 is 0 Å². The third-order valence-corrected chi connectivity index (χ3v) is 1.60. The van der Waals surface area contributed by atoms with Gasteiger partial charge in [-0.25, -0.2) is 0 Å². The molecule has 1 nitrogen and oxygen atoms in total. The van der Waals surface area contributed by atoms with Gasteiger partial charge in [-0.3, -0.25) is 0 Å². The number of para-hydroxylation sites is 1. The first-order valence-electron chi connectivity index (χ1n) is 3.57. The van der Waals surface area contributed by atoms with Crippen LogP contribution in [-0.4, -0.2) is 14.1 Å². The minimum Gasteiger partial charge on any atom is -0.377 e. The molecule has 0 saturated heterocycles. The van der Waals surface area contributed by atoms with Crippen LogP contribution in [0.25, 0.3) is 6.08 Å². The highest BCUT2D eigenvalue weighted by molar-refractivity contribution is 5.65. The third kappa shape index (κ3) is 1.61. The second-order valence-corrected chi connectivity index (χ2v) is 2.62. The zero-order chi connectivity index (χ0) is 8.27. The van der Waals surface area contributed by atoms with E-state index < -0.39 is 0 Å². The lowest BCUT2D eigenvalue weighted by molar-refractivity contribution is 1.13. The van der Waals surface area contributed by atoms with E-state index in [4.69, 9.17) is 6.58 Å². The molecule has 0 heterocycles. The SMILES string of the molecule is [CH]=Cc1ccccc1N(C)C. The maximum Gasteiger partial charge on any atom is 0.0434 e. The first-order valence-corrected chi connectivity index (χ1v) is 3.57. The molecular formula is C10H12N. The van der Waals surface area contributed by atoms with E-state index in [0.717, 1.165) is 11.3 Å². The monoisotopic (exact) mass is 146 g/mol. The molecule has 1 aromatic rings. The topological polar surface area (TPSA) is 3.24 Å². The molecule has 1 radical (unpaired) electrons. The second-order valence-electron chi connectivity index (χ2n) is 2.62. The van der Waals surface area contributed by atoms with Crippen molar-refractivity contribution in [2.75, 3.05) is 19.0 Å². The lowest BCUT2D eigenvalue weighted by atomic mass is 10.1. The average Bonchev–Trinajstić information content (AvgIpc) is 2.04. The molecule has 1 rings (SSSR count). The Morgan fingerprint density at radius 1 is 1.27 bits per heavy atom. The van der Waals surface area contributed by atoms with Crippen molar-refractivity contribution < 1.29 is 0 Å². The molecule has 0 aromatic heterocycles. The smallest absolute Gasteiger partial charge is 0.0434 e. The average molecular weight is 146 g/mol. The van der Waals surface area contributed by atoms with Gasteiger partial charge in [-0.2, -0.15) is 0 Å². The molecule has 0 aliphatic carbocycles. The van der Waals surface area contributed by atoms with Gasteiger partial charge in [-0.15, -0.1) is 0 Å². The summed E-state index contributed by atoms with van der Waals surface area (Å²) < 4.78 is 0. The van der Waals surface area contributed by atoms with Gasteiger partial charge in [-0.05, 0) is 11.6 Å². The largest absolute Gasteiger partial charge is 0.377 e. The van der Waals surface area contributed by atoms with Crippen LogP contribution in [0.5, 0.6) is 0 Å². The Kier molecular flexibility index (Phi) is 2.32. The first-order chi connectivity index (χ1) is 5.25. The number of rotatable bonds is 2. The molecule has 11 heavy (non-hydrogen) atoms. The van der Waals surface area contributed by atoms with Gasteiger partial charge in [0.2, 0.25) is 0 Å². The van der Waals surface area contributed by atoms with Gasteiger partial charge in [0.25, 0.3) is 0 Å². The van der Waals surface area contributed by atoms with E-state index in [0.29, 0.717) is 0 Å². The highest BCUT2D eigenvalue weighted by atomic mass is 15.1. The van der Waals surface area contributed by atoms with Crippen molar-refractivity contribution in [3.63, 3.8) is 0 Å². The van der Waals surface area contributed by atoms with Crippen molar-refractivity contribution in [1.29, 1.82) is 0 Å². The van der Waals surface area contributed by atoms with Crippen molar-refractivity contribution >= 4 is 11.8 Å². The van der Waals surface area contributed by atoms with E-state index in [1.54, 1.807) is 6.08 Å². The van der Waals surface area contributed by atoms with Crippen LogP contribution < -0.4 is 4.90 Å². The van der Waals surface area contributed by atoms with Gasteiger partial charge >= 0.3 is 0 Å². The van der Waals surface area contributed by atoms with Gasteiger partial charge < -0.3 is 4.90 Å². The lowest BCUT2D eigenvalue weighted by Gasteiger charge is -2.14. The Balaban J connectivity index is 3.12. The van der Waals surface area contributed by atoms with Crippen LogP contribution in [0.4, 0.5) is 5.69 Å². The van der Waals surface area contributed by atoms with Crippen molar-refractivity contribution in [1.82, 2.24) is 0 Å². The van der Waals surface area contributed by atoms with Crippen LogP contribution in [-0.2, 0) is 0 Å². The summed E-state index contributed by atoms with van der Waals surface area (Å²) >= 11 is 0. The fourth-order valence-electron chi connectivity index (χ4n) is 1.04. The molecule has 0 spiro atoms. The number of hydrogen-bond donors (Lipinski definition) is 0. The molecule has 0 saturated carbocycles. The summed E-state index contributed by atoms with van der Waals surface area (Å²) in [5.74, 6) is 0. The molecule has 1 aromatic carbocycles. The molecule has 0 N–H and O–H groups in total. The standard InChI is InChI=1S/C10H12N/c1-4-9-7-5-6-8-10(9)11(2)3/h1,4-8H,2-3H3. The van der Waals surface area contributed by atoms with Gasteiger partial charge in [0.05, 0.1) is 0 Å². The van der Waals surface area contributed by atoms with E-state index in [9.17, 15) is 0 Å². The van der Waals surface area contributed by atoms with Gasteiger partial charge in [0, 0.05) is 19.8 Å². The number of benzene rings is 1. The minimum absolute atomic E-state index is 1.07.